The first-order valence-electron chi connectivity index (χ1n) is 8.20. The molecule has 4 unspecified atom stereocenters. The van der Waals surface area contributed by atoms with Crippen molar-refractivity contribution in [3.05, 3.63) is 0 Å². The number of rotatable bonds is 2. The van der Waals surface area contributed by atoms with Gasteiger partial charge in [0.15, 0.2) is 0 Å². The molecule has 1 amide bonds. The highest BCUT2D eigenvalue weighted by Gasteiger charge is 2.40. The zero-order valence-electron chi connectivity index (χ0n) is 12.1. The highest BCUT2D eigenvalue weighted by Crippen LogP contribution is 2.43. The summed E-state index contributed by atoms with van der Waals surface area (Å²) in [5.74, 6) is 0.939. The number of aliphatic carboxylic acids is 1. The van der Waals surface area contributed by atoms with Gasteiger partial charge < -0.3 is 10.0 Å². The molecule has 1 heterocycles. The van der Waals surface area contributed by atoms with Crippen molar-refractivity contribution in [3.63, 3.8) is 0 Å². The fourth-order valence-electron chi connectivity index (χ4n) is 4.62. The molecule has 2 saturated carbocycles. The SMILES string of the molecule is O=C(O)C1CCCN1C(=O)C1CCC2CCCCC2C1. The van der Waals surface area contributed by atoms with E-state index in [1.807, 2.05) is 0 Å². The first-order chi connectivity index (χ1) is 9.66. The smallest absolute Gasteiger partial charge is 0.326 e. The number of nitrogens with zero attached hydrogens (tertiary/aromatic N) is 1. The first-order valence-corrected chi connectivity index (χ1v) is 8.20. The number of carboxylic acid groups (broad SMARTS) is 1. The summed E-state index contributed by atoms with van der Waals surface area (Å²) in [6.45, 7) is 0.639. The van der Waals surface area contributed by atoms with Crippen LogP contribution in [0.2, 0.25) is 0 Å². The molecule has 0 aromatic heterocycles. The van der Waals surface area contributed by atoms with Crippen LogP contribution in [0.1, 0.15) is 57.8 Å². The number of carbonyl (C=O) groups excluding carboxylic acids is 1. The van der Waals surface area contributed by atoms with Crippen molar-refractivity contribution in [2.45, 2.75) is 63.8 Å². The van der Waals surface area contributed by atoms with Crippen LogP contribution in [0.4, 0.5) is 0 Å². The molecule has 3 fully saturated rings. The normalized spacial score (nSPS) is 37.5. The minimum absolute atomic E-state index is 0.0919. The van der Waals surface area contributed by atoms with Gasteiger partial charge in [-0.3, -0.25) is 4.79 Å². The summed E-state index contributed by atoms with van der Waals surface area (Å²) in [5.41, 5.74) is 0. The number of carboxylic acids is 1. The second kappa shape index (κ2) is 5.74. The number of carbonyl (C=O) groups is 2. The molecule has 0 aromatic rings. The molecule has 0 spiro atoms. The third-order valence-corrected chi connectivity index (χ3v) is 5.71. The summed E-state index contributed by atoms with van der Waals surface area (Å²) < 4.78 is 0. The van der Waals surface area contributed by atoms with Crippen LogP contribution in [-0.2, 0) is 9.59 Å². The van der Waals surface area contributed by atoms with Gasteiger partial charge in [-0.2, -0.15) is 0 Å². The third-order valence-electron chi connectivity index (χ3n) is 5.71. The van der Waals surface area contributed by atoms with Crippen LogP contribution in [0.5, 0.6) is 0 Å². The molecular formula is C16H25NO3. The summed E-state index contributed by atoms with van der Waals surface area (Å²) in [6, 6.07) is -0.563. The van der Waals surface area contributed by atoms with Crippen LogP contribution in [0.25, 0.3) is 0 Å². The topological polar surface area (TPSA) is 57.6 Å². The monoisotopic (exact) mass is 279 g/mol. The van der Waals surface area contributed by atoms with Crippen molar-refractivity contribution in [3.8, 4) is 0 Å². The Morgan fingerprint density at radius 2 is 1.65 bits per heavy atom. The average molecular weight is 279 g/mol. The Hall–Kier alpha value is -1.06. The summed E-state index contributed by atoms with van der Waals surface area (Å²) in [5, 5.41) is 9.22. The lowest BCUT2D eigenvalue weighted by Gasteiger charge is -2.40. The van der Waals surface area contributed by atoms with Crippen molar-refractivity contribution in [2.75, 3.05) is 6.54 Å². The fraction of sp³-hybridized carbons (Fsp3) is 0.875. The van der Waals surface area contributed by atoms with E-state index in [9.17, 15) is 14.7 Å². The maximum atomic E-state index is 12.7. The Morgan fingerprint density at radius 1 is 0.900 bits per heavy atom. The van der Waals surface area contributed by atoms with E-state index in [1.165, 1.54) is 32.1 Å². The molecule has 3 aliphatic rings. The van der Waals surface area contributed by atoms with Crippen molar-refractivity contribution >= 4 is 11.9 Å². The van der Waals surface area contributed by atoms with Crippen LogP contribution >= 0.6 is 0 Å². The zero-order chi connectivity index (χ0) is 14.1. The molecule has 1 saturated heterocycles. The summed E-state index contributed by atoms with van der Waals surface area (Å²) in [6.07, 6.45) is 9.89. The van der Waals surface area contributed by atoms with E-state index in [0.29, 0.717) is 13.0 Å². The molecule has 4 atom stereocenters. The number of hydrogen-bond acceptors (Lipinski definition) is 2. The van der Waals surface area contributed by atoms with Gasteiger partial charge in [0.1, 0.15) is 6.04 Å². The lowest BCUT2D eigenvalue weighted by atomic mass is 9.67. The van der Waals surface area contributed by atoms with E-state index in [2.05, 4.69) is 0 Å². The van der Waals surface area contributed by atoms with E-state index in [1.54, 1.807) is 4.90 Å². The number of likely N-dealkylation sites (tertiary alicyclic amines) is 1. The standard InChI is InChI=1S/C16H25NO3/c18-15(17-9-3-6-14(17)16(19)20)13-8-7-11-4-1-2-5-12(11)10-13/h11-14H,1-10H2,(H,19,20). The van der Waals surface area contributed by atoms with Crippen LogP contribution in [0, 0.1) is 17.8 Å². The van der Waals surface area contributed by atoms with Gasteiger partial charge in [-0.05, 0) is 43.9 Å². The van der Waals surface area contributed by atoms with Crippen molar-refractivity contribution in [1.29, 1.82) is 0 Å². The fourth-order valence-corrected chi connectivity index (χ4v) is 4.62. The van der Waals surface area contributed by atoms with Crippen molar-refractivity contribution in [1.82, 2.24) is 4.90 Å². The van der Waals surface area contributed by atoms with E-state index < -0.39 is 12.0 Å². The maximum absolute atomic E-state index is 12.7. The van der Waals surface area contributed by atoms with Gasteiger partial charge in [-0.1, -0.05) is 25.7 Å². The van der Waals surface area contributed by atoms with Crippen LogP contribution in [0.3, 0.4) is 0 Å². The molecule has 20 heavy (non-hydrogen) atoms. The minimum atomic E-state index is -0.831. The van der Waals surface area contributed by atoms with E-state index in [4.69, 9.17) is 0 Å². The van der Waals surface area contributed by atoms with Gasteiger partial charge in [0, 0.05) is 12.5 Å². The van der Waals surface area contributed by atoms with Crippen LogP contribution in [0.15, 0.2) is 0 Å². The van der Waals surface area contributed by atoms with Crippen molar-refractivity contribution in [2.24, 2.45) is 17.8 Å². The van der Waals surface area contributed by atoms with E-state index in [-0.39, 0.29) is 11.8 Å². The largest absolute Gasteiger partial charge is 0.480 e. The molecule has 0 bridgehead atoms. The molecule has 4 nitrogen and oxygen atoms in total. The lowest BCUT2D eigenvalue weighted by molar-refractivity contribution is -0.151. The molecular weight excluding hydrogens is 254 g/mol. The summed E-state index contributed by atoms with van der Waals surface area (Å²) in [7, 11) is 0. The van der Waals surface area contributed by atoms with Crippen molar-refractivity contribution < 1.29 is 14.7 Å². The van der Waals surface area contributed by atoms with Gasteiger partial charge in [-0.25, -0.2) is 4.79 Å². The number of fused-ring (bicyclic) bond motifs is 1. The second-order valence-electron chi connectivity index (χ2n) is 6.84. The highest BCUT2D eigenvalue weighted by atomic mass is 16.4. The quantitative estimate of drug-likeness (QED) is 0.845. The lowest BCUT2D eigenvalue weighted by Crippen LogP contribution is -2.45. The molecule has 0 aromatic carbocycles. The Bertz CT molecular complexity index is 395. The Balaban J connectivity index is 1.64. The zero-order valence-corrected chi connectivity index (χ0v) is 12.1. The second-order valence-corrected chi connectivity index (χ2v) is 6.84. The summed E-state index contributed by atoms with van der Waals surface area (Å²) in [4.78, 5) is 25.5. The van der Waals surface area contributed by atoms with Crippen LogP contribution in [-0.4, -0.2) is 34.5 Å². The molecule has 4 heteroatoms. The molecule has 0 radical (unpaired) electrons. The minimum Gasteiger partial charge on any atom is -0.480 e. The number of amides is 1. The van der Waals surface area contributed by atoms with E-state index >= 15 is 0 Å². The highest BCUT2D eigenvalue weighted by molar-refractivity contribution is 5.85. The van der Waals surface area contributed by atoms with Gasteiger partial charge in [0.2, 0.25) is 5.91 Å². The maximum Gasteiger partial charge on any atom is 0.326 e. The molecule has 2 aliphatic carbocycles. The molecule has 1 N–H and O–H groups in total. The van der Waals surface area contributed by atoms with Gasteiger partial charge in [-0.15, -0.1) is 0 Å². The van der Waals surface area contributed by atoms with Gasteiger partial charge in [0.05, 0.1) is 0 Å². The van der Waals surface area contributed by atoms with Gasteiger partial charge >= 0.3 is 5.97 Å². The van der Waals surface area contributed by atoms with Crippen LogP contribution < -0.4 is 0 Å². The molecule has 1 aliphatic heterocycles. The molecule has 112 valence electrons. The molecule has 3 rings (SSSR count). The predicted octanol–water partition coefficient (Wildman–Crippen LogP) is 2.67. The Morgan fingerprint density at radius 3 is 2.40 bits per heavy atom. The number of hydrogen-bond donors (Lipinski definition) is 1. The van der Waals surface area contributed by atoms with E-state index in [0.717, 1.165) is 31.1 Å². The van der Waals surface area contributed by atoms with Gasteiger partial charge in [0.25, 0.3) is 0 Å². The Labute approximate surface area is 120 Å². The first kappa shape index (κ1) is 13.9. The third kappa shape index (κ3) is 2.57. The Kier molecular flexibility index (Phi) is 3.99. The average Bonchev–Trinajstić information content (AvgIpc) is 2.95. The predicted molar refractivity (Wildman–Crippen MR) is 75.2 cm³/mol. The summed E-state index contributed by atoms with van der Waals surface area (Å²) >= 11 is 0.